The highest BCUT2D eigenvalue weighted by molar-refractivity contribution is 4.07. The van der Waals surface area contributed by atoms with Gasteiger partial charge in [0.05, 0.1) is 0 Å². The summed E-state index contributed by atoms with van der Waals surface area (Å²) in [5, 5.41) is 12.0. The minimum absolute atomic E-state index is 0. The van der Waals surface area contributed by atoms with Gasteiger partial charge in [0, 0.05) is 30.7 Å². The monoisotopic (exact) mass is 109 g/mol. The predicted octanol–water partition coefficient (Wildman–Crippen LogP) is 2.14. The van der Waals surface area contributed by atoms with Crippen LogP contribution in [0.15, 0.2) is 0 Å². The van der Waals surface area contributed by atoms with E-state index >= 15 is 0 Å². The molecule has 0 aliphatic carbocycles. The molecule has 0 heterocycles. The van der Waals surface area contributed by atoms with E-state index in [2.05, 4.69) is 0 Å². The maximum atomic E-state index is 7.00. The van der Waals surface area contributed by atoms with Gasteiger partial charge >= 0.3 is 0 Å². The van der Waals surface area contributed by atoms with E-state index < -0.39 is 0 Å². The zero-order valence-corrected chi connectivity index (χ0v) is 3.13. The van der Waals surface area contributed by atoms with Gasteiger partial charge in [0.25, 0.3) is 0 Å². The van der Waals surface area contributed by atoms with Gasteiger partial charge in [-0.2, -0.15) is 0 Å². The van der Waals surface area contributed by atoms with Crippen molar-refractivity contribution in [1.82, 2.24) is 12.3 Å². The van der Waals surface area contributed by atoms with E-state index in [1.165, 1.54) is 0 Å². The molecule has 6 heteroatoms. The van der Waals surface area contributed by atoms with Gasteiger partial charge in [-0.15, -0.1) is 0 Å². The second kappa shape index (κ2) is 30.3. The molecule has 0 saturated heterocycles. The summed E-state index contributed by atoms with van der Waals surface area (Å²) >= 11 is 0. The molecule has 0 aromatic heterocycles. The van der Waals surface area contributed by atoms with Crippen molar-refractivity contribution in [3.05, 3.63) is 9.93 Å². The molecule has 0 aliphatic rings. The lowest BCUT2D eigenvalue weighted by Crippen LogP contribution is -0.674. The summed E-state index contributed by atoms with van der Waals surface area (Å²) in [6, 6.07) is 0. The summed E-state index contributed by atoms with van der Waals surface area (Å²) in [6.45, 7) is 0. The fourth-order valence-corrected chi connectivity index (χ4v) is 0. The van der Waals surface area contributed by atoms with Gasteiger partial charge < -0.3 is 12.3 Å². The first-order valence-electron chi connectivity index (χ1n) is 0.367. The maximum Gasteiger partial charge on any atom is 0 e. The minimum Gasteiger partial charge on any atom is -0.344 e. The highest BCUT2D eigenvalue weighted by atomic mass is 16.7. The van der Waals surface area contributed by atoms with Gasteiger partial charge in [0.15, 0.2) is 0 Å². The van der Waals surface area contributed by atoms with Gasteiger partial charge in [0.1, 0.15) is 0 Å². The third kappa shape index (κ3) is 9.85. The predicted molar refractivity (Wildman–Crippen MR) is 35.0 cm³/mol. The van der Waals surface area contributed by atoms with Crippen molar-refractivity contribution < 1.29 is 9.99 Å². The molecule has 0 aliphatic heterocycles. The maximum absolute atomic E-state index is 7.00. The van der Waals surface area contributed by atoms with Crippen molar-refractivity contribution >= 4 is 0 Å². The molecule has 0 unspecified atom stereocenters. The van der Waals surface area contributed by atoms with Crippen molar-refractivity contribution in [1.29, 1.82) is 10.8 Å². The Hall–Kier alpha value is -1.06. The van der Waals surface area contributed by atoms with Crippen LogP contribution in [0.5, 0.6) is 0 Å². The lowest BCUT2D eigenvalue weighted by atomic mass is 13.4. The van der Waals surface area contributed by atoms with E-state index in [0.717, 1.165) is 0 Å². The Morgan fingerprint density at radius 1 is 1.17 bits per heavy atom. The van der Waals surface area contributed by atoms with Crippen LogP contribution in [-0.2, 0) is 0 Å². The second-order valence-corrected chi connectivity index (χ2v) is 0. The zero-order chi connectivity index (χ0) is 4.00. The number of hydrogen-bond donors (Lipinski definition) is 2. The van der Waals surface area contributed by atoms with Gasteiger partial charge in [-0.25, -0.2) is 0 Å². The van der Waals surface area contributed by atoms with Gasteiger partial charge in [0.2, 0.25) is 0 Å². The van der Waals surface area contributed by atoms with E-state index in [4.69, 9.17) is 20.7 Å². The van der Waals surface area contributed by atoms with Gasteiger partial charge in [-0.1, -0.05) is 0 Å². The SMILES string of the molecule is N.N.N#N.O=O.[2HH].[HH].[HH].[HH].[HH].[HH].[HH]. The van der Waals surface area contributed by atoms with E-state index in [0.29, 0.717) is 0 Å². The van der Waals surface area contributed by atoms with Crippen molar-refractivity contribution in [3.8, 4) is 0 Å². The number of hydrogen-bond acceptors (Lipinski definition) is 6. The molecule has 0 radical (unpaired) electrons. The first kappa shape index (κ1) is 86.8. The average molecular weight is 109 g/mol. The third-order valence-corrected chi connectivity index (χ3v) is 0. The molecule has 6 nitrogen and oxygen atoms in total. The number of nitrogens with zero attached hydrogens (tertiary/aromatic N) is 2. The molecule has 52 valence electrons. The van der Waals surface area contributed by atoms with E-state index in [9.17, 15) is 0 Å². The highest BCUT2D eigenvalue weighted by Crippen LogP contribution is 0.741. The molecule has 0 saturated carbocycles. The Balaban J connectivity index is -0.000000000404. The van der Waals surface area contributed by atoms with Crippen LogP contribution >= 0.6 is 0 Å². The lowest BCUT2D eigenvalue weighted by Gasteiger charge is -0.707. The molecule has 0 aromatic rings. The summed E-state index contributed by atoms with van der Waals surface area (Å²) in [4.78, 5) is 14.0. The normalized spacial score (nSPS) is 1.00. The fraction of sp³-hybridized carbons (Fsp3) is 0. The molecule has 0 spiro atoms. The number of rotatable bonds is 0. The van der Waals surface area contributed by atoms with Gasteiger partial charge in [-0.05, 0) is 0 Å². The van der Waals surface area contributed by atoms with E-state index in [1.807, 2.05) is 0 Å². The first-order valence-corrected chi connectivity index (χ1v) is 0.367. The second-order valence-electron chi connectivity index (χ2n) is 0. The largest absolute Gasteiger partial charge is 0.344 e. The average Bonchev–Trinajstić information content (AvgIpc) is 1.50. The molecular weight excluding hydrogens is 88.0 g/mol. The highest BCUT2D eigenvalue weighted by Gasteiger charge is 0.707. The summed E-state index contributed by atoms with van der Waals surface area (Å²) < 4.78 is 0. The van der Waals surface area contributed by atoms with Crippen LogP contribution in [0.25, 0.3) is 0 Å². The molecule has 6 N–H and O–H groups in total. The zero-order valence-electron chi connectivity index (χ0n) is 3.13. The van der Waals surface area contributed by atoms with Crippen LogP contribution in [0.3, 0.4) is 0 Å². The molecule has 0 amide bonds. The quantitative estimate of drug-likeness (QED) is 0.454. The Morgan fingerprint density at radius 2 is 1.17 bits per heavy atom. The topological polar surface area (TPSA) is 152 Å². The van der Waals surface area contributed by atoms with Crippen LogP contribution in [-0.4, -0.2) is 0 Å². The lowest BCUT2D eigenvalue weighted by molar-refractivity contribution is 1.15. The Labute approximate surface area is 44.7 Å². The van der Waals surface area contributed by atoms with Crippen LogP contribution < -0.4 is 12.3 Å². The smallest absolute Gasteiger partial charge is 0 e. The molecule has 0 aromatic carbocycles. The molecule has 0 rings (SSSR count). The van der Waals surface area contributed by atoms with Gasteiger partial charge in [-0.3, -0.25) is 0 Å². The molecular formula is H20N4O2. The Bertz CT molecular complexity index is 29.7. The molecule has 0 fully saturated rings. The first-order chi connectivity index (χ1) is 2.00. The summed E-state index contributed by atoms with van der Waals surface area (Å²) in [5.74, 6) is 0. The third-order valence-electron chi connectivity index (χ3n) is 0. The van der Waals surface area contributed by atoms with E-state index in [1.54, 1.807) is 0 Å². The summed E-state index contributed by atoms with van der Waals surface area (Å²) in [5.41, 5.74) is 0. The fourth-order valence-electron chi connectivity index (χ4n) is 0. The van der Waals surface area contributed by atoms with Crippen LogP contribution in [0.2, 0.25) is 0 Å². The Kier molecular flexibility index (Phi) is 438. The van der Waals surface area contributed by atoms with Crippen LogP contribution in [0, 0.1) is 20.7 Å². The summed E-state index contributed by atoms with van der Waals surface area (Å²) in [7, 11) is 0. The van der Waals surface area contributed by atoms with Crippen LogP contribution in [0.1, 0.15) is 9.99 Å². The Morgan fingerprint density at radius 3 is 1.17 bits per heavy atom. The van der Waals surface area contributed by atoms with E-state index in [-0.39, 0.29) is 22.3 Å². The van der Waals surface area contributed by atoms with Crippen molar-refractivity contribution in [3.63, 3.8) is 0 Å². The van der Waals surface area contributed by atoms with Crippen molar-refractivity contribution in [2.75, 3.05) is 0 Å². The van der Waals surface area contributed by atoms with Crippen molar-refractivity contribution in [2.45, 2.75) is 0 Å². The van der Waals surface area contributed by atoms with Crippen molar-refractivity contribution in [2.24, 2.45) is 0 Å². The standard InChI is InChI=1S/N2.2H3N.O2.7H2/c1-2;;;1-2;;;;;;;/h;2*1H3;;7*1H/i;;;;1+1;;;;;;. The minimum atomic E-state index is 0. The molecule has 0 atom stereocenters. The summed E-state index contributed by atoms with van der Waals surface area (Å²) in [6.07, 6.45) is 0. The molecule has 0 bridgehead atoms. The van der Waals surface area contributed by atoms with Crippen LogP contribution in [0.4, 0.5) is 0 Å². The molecule has 6 heavy (non-hydrogen) atoms.